The highest BCUT2D eigenvalue weighted by molar-refractivity contribution is 5.94. The molecule has 0 aliphatic rings. The highest BCUT2D eigenvalue weighted by Crippen LogP contribution is 2.24. The summed E-state index contributed by atoms with van der Waals surface area (Å²) in [5, 5.41) is 13.1. The minimum absolute atomic E-state index is 0.0324. The van der Waals surface area contributed by atoms with Crippen molar-refractivity contribution in [2.75, 3.05) is 5.32 Å². The van der Waals surface area contributed by atoms with E-state index in [1.54, 1.807) is 0 Å². The number of benzene rings is 1. The van der Waals surface area contributed by atoms with E-state index < -0.39 is 34.4 Å². The molecule has 0 spiro atoms. The Morgan fingerprint density at radius 1 is 1.35 bits per heavy atom. The fourth-order valence-corrected chi connectivity index (χ4v) is 1.67. The van der Waals surface area contributed by atoms with E-state index in [1.165, 1.54) is 31.3 Å². The molecule has 2 rings (SSSR count). The summed E-state index contributed by atoms with van der Waals surface area (Å²) in [5.74, 6) is -3.54. The van der Waals surface area contributed by atoms with Gasteiger partial charge >= 0.3 is 5.82 Å². The van der Waals surface area contributed by atoms with Gasteiger partial charge in [-0.2, -0.15) is 0 Å². The van der Waals surface area contributed by atoms with Gasteiger partial charge in [-0.25, -0.2) is 8.78 Å². The predicted octanol–water partition coefficient (Wildman–Crippen LogP) is 2.67. The molecule has 0 aliphatic heterocycles. The number of rotatable bonds is 5. The molecule has 1 aromatic heterocycles. The Kier molecular flexibility index (Phi) is 4.79. The molecule has 0 radical (unpaired) electrons. The number of amides is 1. The molecule has 0 fully saturated rings. The maximum Gasteiger partial charge on any atom is 0.406 e. The fraction of sp³-hybridized carbons (Fsp3) is 0.143. The SMILES string of the molecule is CC(Oc1cccnc1[N+](=O)[O-])C(=O)Nc1ccc(F)c(F)c1. The number of nitrogens with one attached hydrogen (secondary N) is 1. The molecule has 1 N–H and O–H groups in total. The minimum Gasteiger partial charge on any atom is -0.473 e. The maximum absolute atomic E-state index is 13.1. The molecular formula is C14H11F2N3O4. The van der Waals surface area contributed by atoms with Crippen molar-refractivity contribution < 1.29 is 23.2 Å². The molecular weight excluding hydrogens is 312 g/mol. The smallest absolute Gasteiger partial charge is 0.406 e. The minimum atomic E-state index is -1.12. The average Bonchev–Trinajstić information content (AvgIpc) is 2.51. The van der Waals surface area contributed by atoms with Crippen LogP contribution < -0.4 is 10.1 Å². The van der Waals surface area contributed by atoms with Gasteiger partial charge in [-0.1, -0.05) is 0 Å². The number of anilines is 1. The number of hydrogen-bond acceptors (Lipinski definition) is 5. The van der Waals surface area contributed by atoms with E-state index in [4.69, 9.17) is 4.74 Å². The number of hydrogen-bond donors (Lipinski definition) is 1. The number of ether oxygens (including phenoxy) is 1. The van der Waals surface area contributed by atoms with E-state index in [9.17, 15) is 23.7 Å². The number of carbonyl (C=O) groups is 1. The van der Waals surface area contributed by atoms with E-state index in [2.05, 4.69) is 10.3 Å². The number of pyridine rings is 1. The molecule has 9 heteroatoms. The lowest BCUT2D eigenvalue weighted by Crippen LogP contribution is -2.30. The molecule has 120 valence electrons. The molecule has 0 saturated carbocycles. The number of nitrogens with zero attached hydrogens (tertiary/aromatic N) is 2. The van der Waals surface area contributed by atoms with Gasteiger partial charge in [-0.05, 0) is 41.1 Å². The summed E-state index contributed by atoms with van der Waals surface area (Å²) >= 11 is 0. The summed E-state index contributed by atoms with van der Waals surface area (Å²) < 4.78 is 31.1. The van der Waals surface area contributed by atoms with Gasteiger partial charge in [0, 0.05) is 11.8 Å². The summed E-state index contributed by atoms with van der Waals surface area (Å²) in [6, 6.07) is 5.57. The van der Waals surface area contributed by atoms with Gasteiger partial charge in [-0.15, -0.1) is 0 Å². The maximum atomic E-state index is 13.1. The van der Waals surface area contributed by atoms with E-state index >= 15 is 0 Å². The molecule has 0 saturated heterocycles. The van der Waals surface area contributed by atoms with Crippen LogP contribution in [0.1, 0.15) is 6.92 Å². The first-order chi connectivity index (χ1) is 10.9. The van der Waals surface area contributed by atoms with E-state index in [1.807, 2.05) is 0 Å². The Balaban J connectivity index is 2.08. The van der Waals surface area contributed by atoms with E-state index in [-0.39, 0.29) is 11.4 Å². The van der Waals surface area contributed by atoms with Gasteiger partial charge in [0.25, 0.3) is 5.91 Å². The molecule has 0 bridgehead atoms. The summed E-state index contributed by atoms with van der Waals surface area (Å²) in [6.07, 6.45) is 0.0998. The predicted molar refractivity (Wildman–Crippen MR) is 76.0 cm³/mol. The van der Waals surface area contributed by atoms with Crippen LogP contribution in [-0.2, 0) is 4.79 Å². The van der Waals surface area contributed by atoms with Gasteiger partial charge in [0.15, 0.2) is 17.7 Å². The van der Waals surface area contributed by atoms with Crippen LogP contribution in [0.5, 0.6) is 5.75 Å². The van der Waals surface area contributed by atoms with Gasteiger partial charge in [0.1, 0.15) is 6.20 Å². The third kappa shape index (κ3) is 3.96. The topological polar surface area (TPSA) is 94.4 Å². The first-order valence-corrected chi connectivity index (χ1v) is 6.40. The first kappa shape index (κ1) is 16.3. The summed E-state index contributed by atoms with van der Waals surface area (Å²) in [5.41, 5.74) is 0.0324. The van der Waals surface area contributed by atoms with Gasteiger partial charge in [0.05, 0.1) is 0 Å². The molecule has 1 amide bonds. The number of aromatic nitrogens is 1. The van der Waals surface area contributed by atoms with E-state index in [0.717, 1.165) is 12.1 Å². The van der Waals surface area contributed by atoms with Crippen LogP contribution in [-0.4, -0.2) is 21.9 Å². The van der Waals surface area contributed by atoms with Gasteiger partial charge < -0.3 is 20.2 Å². The Morgan fingerprint density at radius 2 is 2.09 bits per heavy atom. The lowest BCUT2D eigenvalue weighted by molar-refractivity contribution is -0.390. The van der Waals surface area contributed by atoms with Crippen LogP contribution in [0.4, 0.5) is 20.3 Å². The zero-order valence-electron chi connectivity index (χ0n) is 11.8. The Hall–Kier alpha value is -3.10. The van der Waals surface area contributed by atoms with E-state index in [0.29, 0.717) is 0 Å². The largest absolute Gasteiger partial charge is 0.473 e. The van der Waals surface area contributed by atoms with Crippen molar-refractivity contribution in [3.8, 4) is 5.75 Å². The quantitative estimate of drug-likeness (QED) is 0.674. The third-order valence-corrected chi connectivity index (χ3v) is 2.78. The van der Waals surface area contributed by atoms with Crippen LogP contribution in [0.3, 0.4) is 0 Å². The molecule has 1 heterocycles. The molecule has 2 aromatic rings. The standard InChI is InChI=1S/C14H11F2N3O4/c1-8(23-12-3-2-6-17-13(12)19(21)22)14(20)18-9-4-5-10(15)11(16)7-9/h2-8H,1H3,(H,18,20). The van der Waals surface area contributed by atoms with Crippen LogP contribution in [0, 0.1) is 21.7 Å². The van der Waals surface area contributed by atoms with Crippen LogP contribution in [0.2, 0.25) is 0 Å². The molecule has 0 aliphatic carbocycles. The highest BCUT2D eigenvalue weighted by Gasteiger charge is 2.22. The summed E-state index contributed by atoms with van der Waals surface area (Å²) in [4.78, 5) is 25.6. The van der Waals surface area contributed by atoms with Crippen molar-refractivity contribution >= 4 is 17.4 Å². The van der Waals surface area contributed by atoms with Crippen molar-refractivity contribution in [3.63, 3.8) is 0 Å². The summed E-state index contributed by atoms with van der Waals surface area (Å²) in [7, 11) is 0. The van der Waals surface area contributed by atoms with Crippen LogP contribution >= 0.6 is 0 Å². The van der Waals surface area contributed by atoms with Gasteiger partial charge in [0.2, 0.25) is 5.75 Å². The highest BCUT2D eigenvalue weighted by atomic mass is 19.2. The van der Waals surface area contributed by atoms with Crippen LogP contribution in [0.15, 0.2) is 36.5 Å². The molecule has 23 heavy (non-hydrogen) atoms. The Labute approximate surface area is 129 Å². The third-order valence-electron chi connectivity index (χ3n) is 2.78. The second-order valence-corrected chi connectivity index (χ2v) is 4.46. The Morgan fingerprint density at radius 3 is 2.74 bits per heavy atom. The van der Waals surface area contributed by atoms with Crippen molar-refractivity contribution in [3.05, 3.63) is 58.3 Å². The van der Waals surface area contributed by atoms with Crippen molar-refractivity contribution in [2.45, 2.75) is 13.0 Å². The van der Waals surface area contributed by atoms with Crippen molar-refractivity contribution in [1.82, 2.24) is 4.98 Å². The second-order valence-electron chi connectivity index (χ2n) is 4.46. The Bertz CT molecular complexity index is 755. The zero-order chi connectivity index (χ0) is 17.0. The zero-order valence-corrected chi connectivity index (χ0v) is 11.8. The number of halogens is 2. The molecule has 1 unspecified atom stereocenters. The average molecular weight is 323 g/mol. The molecule has 1 aromatic carbocycles. The summed E-state index contributed by atoms with van der Waals surface area (Å²) in [6.45, 7) is 1.35. The first-order valence-electron chi connectivity index (χ1n) is 6.40. The van der Waals surface area contributed by atoms with Crippen LogP contribution in [0.25, 0.3) is 0 Å². The fourth-order valence-electron chi connectivity index (χ4n) is 1.67. The van der Waals surface area contributed by atoms with Gasteiger partial charge in [-0.3, -0.25) is 4.79 Å². The number of nitro groups is 1. The lowest BCUT2D eigenvalue weighted by Gasteiger charge is -2.14. The molecule has 7 nitrogen and oxygen atoms in total. The number of carbonyl (C=O) groups excluding carboxylic acids is 1. The normalized spacial score (nSPS) is 11.6. The monoisotopic (exact) mass is 323 g/mol. The lowest BCUT2D eigenvalue weighted by atomic mass is 10.2. The van der Waals surface area contributed by atoms with Crippen molar-refractivity contribution in [1.29, 1.82) is 0 Å². The second kappa shape index (κ2) is 6.77. The van der Waals surface area contributed by atoms with Crippen molar-refractivity contribution in [2.24, 2.45) is 0 Å². The molecule has 1 atom stereocenters.